The molecule has 1 aliphatic carbocycles. The van der Waals surface area contributed by atoms with Crippen molar-refractivity contribution in [1.29, 1.82) is 0 Å². The van der Waals surface area contributed by atoms with E-state index in [-0.39, 0.29) is 18.6 Å². The molecule has 1 fully saturated rings. The molecule has 1 atom stereocenters. The number of nitrogens with one attached hydrogen (secondary N) is 1. The lowest BCUT2D eigenvalue weighted by atomic mass is 10.1. The minimum Gasteiger partial charge on any atom is -0.394 e. The molecular formula is C12H13Cl2NO2. The van der Waals surface area contributed by atoms with Gasteiger partial charge in [-0.1, -0.05) is 23.2 Å². The average molecular weight is 274 g/mol. The lowest BCUT2D eigenvalue weighted by Gasteiger charge is -2.15. The summed E-state index contributed by atoms with van der Waals surface area (Å²) in [5.74, 6) is 0.182. The van der Waals surface area contributed by atoms with Gasteiger partial charge in [-0.3, -0.25) is 4.79 Å². The summed E-state index contributed by atoms with van der Waals surface area (Å²) in [6.45, 7) is -0.0300. The van der Waals surface area contributed by atoms with Crippen LogP contribution in [0.15, 0.2) is 18.2 Å². The first-order valence-electron chi connectivity index (χ1n) is 5.48. The van der Waals surface area contributed by atoms with Gasteiger partial charge in [0.2, 0.25) is 0 Å². The number of hydrogen-bond acceptors (Lipinski definition) is 2. The first-order valence-corrected chi connectivity index (χ1v) is 6.24. The quantitative estimate of drug-likeness (QED) is 0.886. The Hall–Kier alpha value is -0.770. The first-order chi connectivity index (χ1) is 8.11. The molecule has 3 nitrogen and oxygen atoms in total. The topological polar surface area (TPSA) is 49.3 Å². The summed E-state index contributed by atoms with van der Waals surface area (Å²) in [6, 6.07) is 4.58. The highest BCUT2D eigenvalue weighted by atomic mass is 35.5. The van der Waals surface area contributed by atoms with E-state index in [4.69, 9.17) is 28.3 Å². The molecule has 2 N–H and O–H groups in total. The van der Waals surface area contributed by atoms with E-state index in [0.717, 1.165) is 12.8 Å². The summed E-state index contributed by atoms with van der Waals surface area (Å²) >= 11 is 11.6. The van der Waals surface area contributed by atoms with Crippen LogP contribution in [0.3, 0.4) is 0 Å². The van der Waals surface area contributed by atoms with Gasteiger partial charge >= 0.3 is 0 Å². The van der Waals surface area contributed by atoms with Crippen molar-refractivity contribution in [3.63, 3.8) is 0 Å². The number of aliphatic hydroxyl groups is 1. The SMILES string of the molecule is O=C(NC(CO)C1CC1)c1ccc(Cl)c(Cl)c1. The van der Waals surface area contributed by atoms with Gasteiger partial charge < -0.3 is 10.4 Å². The first kappa shape index (κ1) is 12.7. The van der Waals surface area contributed by atoms with E-state index in [1.54, 1.807) is 12.1 Å². The van der Waals surface area contributed by atoms with Crippen molar-refractivity contribution < 1.29 is 9.90 Å². The van der Waals surface area contributed by atoms with E-state index in [9.17, 15) is 4.79 Å². The van der Waals surface area contributed by atoms with E-state index in [0.29, 0.717) is 21.5 Å². The number of carbonyl (C=O) groups excluding carboxylic acids is 1. The fourth-order valence-corrected chi connectivity index (χ4v) is 2.00. The standard InChI is InChI=1S/C12H13Cl2NO2/c13-9-4-3-8(5-10(9)14)12(17)15-11(6-16)7-1-2-7/h3-5,7,11,16H,1-2,6H2,(H,15,17). The molecule has 0 bridgehead atoms. The highest BCUT2D eigenvalue weighted by Crippen LogP contribution is 2.32. The minimum absolute atomic E-state index is 0.0300. The molecule has 1 aromatic rings. The number of carbonyl (C=O) groups is 1. The number of halogens is 2. The molecule has 0 aliphatic heterocycles. The van der Waals surface area contributed by atoms with Gasteiger partial charge in [0.15, 0.2) is 0 Å². The predicted molar refractivity (Wildman–Crippen MR) is 67.5 cm³/mol. The van der Waals surface area contributed by atoms with Crippen molar-refractivity contribution in [1.82, 2.24) is 5.32 Å². The summed E-state index contributed by atoms with van der Waals surface area (Å²) in [5, 5.41) is 12.7. The second-order valence-corrected chi connectivity index (χ2v) is 5.04. The van der Waals surface area contributed by atoms with Crippen LogP contribution in [0, 0.1) is 5.92 Å². The molecule has 0 spiro atoms. The lowest BCUT2D eigenvalue weighted by molar-refractivity contribution is 0.0908. The Bertz CT molecular complexity index is 433. The van der Waals surface area contributed by atoms with Gasteiger partial charge in [-0.15, -0.1) is 0 Å². The van der Waals surface area contributed by atoms with Gasteiger partial charge in [0.1, 0.15) is 0 Å². The van der Waals surface area contributed by atoms with Crippen molar-refractivity contribution >= 4 is 29.1 Å². The summed E-state index contributed by atoms with van der Waals surface area (Å²) in [4.78, 5) is 11.9. The molecule has 1 aromatic carbocycles. The molecule has 1 unspecified atom stereocenters. The zero-order valence-corrected chi connectivity index (χ0v) is 10.6. The van der Waals surface area contributed by atoms with Crippen molar-refractivity contribution in [3.05, 3.63) is 33.8 Å². The maximum atomic E-state index is 11.9. The van der Waals surface area contributed by atoms with E-state index in [2.05, 4.69) is 5.32 Å². The van der Waals surface area contributed by atoms with Crippen LogP contribution in [-0.2, 0) is 0 Å². The summed E-state index contributed by atoms with van der Waals surface area (Å²) in [7, 11) is 0. The van der Waals surface area contributed by atoms with Crippen LogP contribution in [0.4, 0.5) is 0 Å². The van der Waals surface area contributed by atoms with Gasteiger partial charge in [0.25, 0.3) is 5.91 Å². The van der Waals surface area contributed by atoms with Crippen molar-refractivity contribution in [2.75, 3.05) is 6.61 Å². The van der Waals surface area contributed by atoms with Gasteiger partial charge in [-0.2, -0.15) is 0 Å². The fourth-order valence-electron chi connectivity index (χ4n) is 1.70. The molecule has 17 heavy (non-hydrogen) atoms. The average Bonchev–Trinajstić information content (AvgIpc) is 3.13. The monoisotopic (exact) mass is 273 g/mol. The lowest BCUT2D eigenvalue weighted by Crippen LogP contribution is -2.39. The van der Waals surface area contributed by atoms with Crippen LogP contribution < -0.4 is 5.32 Å². The summed E-state index contributed by atoms with van der Waals surface area (Å²) < 4.78 is 0. The Morgan fingerprint density at radius 2 is 2.12 bits per heavy atom. The molecule has 0 saturated heterocycles. The molecule has 1 amide bonds. The number of aliphatic hydroxyl groups excluding tert-OH is 1. The van der Waals surface area contributed by atoms with Crippen LogP contribution in [-0.4, -0.2) is 23.7 Å². The Morgan fingerprint density at radius 3 is 2.65 bits per heavy atom. The van der Waals surface area contributed by atoms with Gasteiger partial charge in [-0.25, -0.2) is 0 Å². The van der Waals surface area contributed by atoms with E-state index < -0.39 is 0 Å². The third kappa shape index (κ3) is 3.12. The molecule has 92 valence electrons. The Labute approximate surface area is 110 Å². The van der Waals surface area contributed by atoms with Crippen molar-refractivity contribution in [3.8, 4) is 0 Å². The van der Waals surface area contributed by atoms with E-state index in [1.165, 1.54) is 6.07 Å². The normalized spacial score (nSPS) is 16.6. The fraction of sp³-hybridized carbons (Fsp3) is 0.417. The largest absolute Gasteiger partial charge is 0.394 e. The predicted octanol–water partition coefficient (Wildman–Crippen LogP) is 2.49. The molecule has 1 aliphatic rings. The smallest absolute Gasteiger partial charge is 0.251 e. The van der Waals surface area contributed by atoms with E-state index in [1.807, 2.05) is 0 Å². The second-order valence-electron chi connectivity index (χ2n) is 4.23. The zero-order valence-electron chi connectivity index (χ0n) is 9.12. The van der Waals surface area contributed by atoms with Gasteiger partial charge in [0.05, 0.1) is 22.7 Å². The maximum absolute atomic E-state index is 11.9. The van der Waals surface area contributed by atoms with Crippen LogP contribution in [0.2, 0.25) is 10.0 Å². The van der Waals surface area contributed by atoms with Crippen molar-refractivity contribution in [2.45, 2.75) is 18.9 Å². The molecular weight excluding hydrogens is 261 g/mol. The highest BCUT2D eigenvalue weighted by Gasteiger charge is 2.31. The summed E-state index contributed by atoms with van der Waals surface area (Å²) in [5.41, 5.74) is 0.457. The van der Waals surface area contributed by atoms with Crippen LogP contribution in [0.1, 0.15) is 23.2 Å². The molecule has 0 radical (unpaired) electrons. The third-order valence-electron chi connectivity index (χ3n) is 2.89. The molecule has 0 aromatic heterocycles. The van der Waals surface area contributed by atoms with Crippen LogP contribution in [0.25, 0.3) is 0 Å². The van der Waals surface area contributed by atoms with Gasteiger partial charge in [-0.05, 0) is 37.0 Å². The number of benzene rings is 1. The highest BCUT2D eigenvalue weighted by molar-refractivity contribution is 6.42. The second kappa shape index (κ2) is 5.25. The van der Waals surface area contributed by atoms with Gasteiger partial charge in [0, 0.05) is 5.56 Å². The molecule has 1 saturated carbocycles. The minimum atomic E-state index is -0.227. The molecule has 0 heterocycles. The number of amides is 1. The zero-order chi connectivity index (χ0) is 12.4. The maximum Gasteiger partial charge on any atom is 0.251 e. The number of rotatable bonds is 4. The third-order valence-corrected chi connectivity index (χ3v) is 3.63. The van der Waals surface area contributed by atoms with Crippen molar-refractivity contribution in [2.24, 2.45) is 5.92 Å². The Balaban J connectivity index is 2.05. The van der Waals surface area contributed by atoms with Crippen LogP contribution >= 0.6 is 23.2 Å². The summed E-state index contributed by atoms with van der Waals surface area (Å²) in [6.07, 6.45) is 2.12. The Kier molecular flexibility index (Phi) is 3.92. The molecule has 2 rings (SSSR count). The Morgan fingerprint density at radius 1 is 1.41 bits per heavy atom. The number of hydrogen-bond donors (Lipinski definition) is 2. The van der Waals surface area contributed by atoms with E-state index >= 15 is 0 Å². The molecule has 5 heteroatoms. The van der Waals surface area contributed by atoms with Crippen LogP contribution in [0.5, 0.6) is 0 Å².